The van der Waals surface area contributed by atoms with Crippen molar-refractivity contribution in [3.8, 4) is 0 Å². The quantitative estimate of drug-likeness (QED) is 0.417. The van der Waals surface area contributed by atoms with Crippen molar-refractivity contribution in [3.05, 3.63) is 24.3 Å². The van der Waals surface area contributed by atoms with E-state index in [2.05, 4.69) is 18.5 Å². The van der Waals surface area contributed by atoms with E-state index in [1.54, 1.807) is 13.1 Å². The molecule has 0 saturated heterocycles. The second-order valence-electron chi connectivity index (χ2n) is 2.11. The SMILES string of the molecule is C=C/C=C(\C=NC)CCC. The molecule has 0 amide bonds. The monoisotopic (exact) mass is 137 g/mol. The van der Waals surface area contributed by atoms with Crippen LogP contribution in [-0.2, 0) is 0 Å². The molecule has 0 rings (SSSR count). The zero-order valence-electron chi connectivity index (χ0n) is 6.80. The van der Waals surface area contributed by atoms with Crippen LogP contribution in [0.5, 0.6) is 0 Å². The van der Waals surface area contributed by atoms with E-state index in [-0.39, 0.29) is 0 Å². The van der Waals surface area contributed by atoms with Gasteiger partial charge >= 0.3 is 0 Å². The van der Waals surface area contributed by atoms with Crippen molar-refractivity contribution in [2.45, 2.75) is 19.8 Å². The van der Waals surface area contributed by atoms with Gasteiger partial charge in [0.15, 0.2) is 0 Å². The van der Waals surface area contributed by atoms with Crippen molar-refractivity contribution in [1.82, 2.24) is 0 Å². The number of hydrogen-bond acceptors (Lipinski definition) is 1. The van der Waals surface area contributed by atoms with Crippen LogP contribution < -0.4 is 0 Å². The highest BCUT2D eigenvalue weighted by molar-refractivity contribution is 5.78. The van der Waals surface area contributed by atoms with E-state index >= 15 is 0 Å². The number of hydrogen-bond donors (Lipinski definition) is 0. The smallest absolute Gasteiger partial charge is 0.0277 e. The van der Waals surface area contributed by atoms with Crippen molar-refractivity contribution in [2.75, 3.05) is 7.05 Å². The Balaban J connectivity index is 3.96. The van der Waals surface area contributed by atoms with Gasteiger partial charge in [-0.25, -0.2) is 0 Å². The second-order valence-corrected chi connectivity index (χ2v) is 2.11. The molecule has 10 heavy (non-hydrogen) atoms. The highest BCUT2D eigenvalue weighted by Gasteiger charge is 1.86. The minimum atomic E-state index is 1.09. The van der Waals surface area contributed by atoms with Crippen LogP contribution in [0.25, 0.3) is 0 Å². The van der Waals surface area contributed by atoms with Crippen LogP contribution in [0.15, 0.2) is 29.3 Å². The van der Waals surface area contributed by atoms with E-state index in [4.69, 9.17) is 0 Å². The number of nitrogens with zero attached hydrogens (tertiary/aromatic N) is 1. The summed E-state index contributed by atoms with van der Waals surface area (Å²) >= 11 is 0. The maximum absolute atomic E-state index is 3.93. The Morgan fingerprint density at radius 3 is 2.70 bits per heavy atom. The van der Waals surface area contributed by atoms with E-state index in [9.17, 15) is 0 Å². The average Bonchev–Trinajstić information content (AvgIpc) is 1.90. The molecule has 0 aliphatic heterocycles. The fourth-order valence-corrected chi connectivity index (χ4v) is 0.797. The highest BCUT2D eigenvalue weighted by atomic mass is 14.6. The summed E-state index contributed by atoms with van der Waals surface area (Å²) in [5, 5.41) is 0. The molecule has 1 heteroatoms. The Morgan fingerprint density at radius 1 is 1.60 bits per heavy atom. The van der Waals surface area contributed by atoms with Gasteiger partial charge in [-0.05, 0) is 12.0 Å². The Bertz CT molecular complexity index is 143. The number of aliphatic imine (C=N–C) groups is 1. The van der Waals surface area contributed by atoms with E-state index in [0.29, 0.717) is 0 Å². The Labute approximate surface area is 63.2 Å². The predicted octanol–water partition coefficient (Wildman–Crippen LogP) is 2.60. The normalized spacial score (nSPS) is 12.4. The summed E-state index contributed by atoms with van der Waals surface area (Å²) in [7, 11) is 1.78. The third-order valence-electron chi connectivity index (χ3n) is 1.17. The van der Waals surface area contributed by atoms with Crippen LogP contribution in [0.4, 0.5) is 0 Å². The van der Waals surface area contributed by atoms with Crippen molar-refractivity contribution in [3.63, 3.8) is 0 Å². The summed E-state index contributed by atoms with van der Waals surface area (Å²) in [5.41, 5.74) is 1.25. The summed E-state index contributed by atoms with van der Waals surface area (Å²) in [4.78, 5) is 3.93. The van der Waals surface area contributed by atoms with Gasteiger partial charge < -0.3 is 0 Å². The van der Waals surface area contributed by atoms with Crippen molar-refractivity contribution in [1.29, 1.82) is 0 Å². The topological polar surface area (TPSA) is 12.4 Å². The first-order valence-electron chi connectivity index (χ1n) is 3.59. The number of rotatable bonds is 4. The van der Waals surface area contributed by atoms with E-state index in [1.807, 2.05) is 12.3 Å². The fourth-order valence-electron chi connectivity index (χ4n) is 0.797. The van der Waals surface area contributed by atoms with Crippen LogP contribution in [0.3, 0.4) is 0 Å². The predicted molar refractivity (Wildman–Crippen MR) is 47.6 cm³/mol. The lowest BCUT2D eigenvalue weighted by atomic mass is 10.1. The molecule has 0 aromatic heterocycles. The van der Waals surface area contributed by atoms with Crippen molar-refractivity contribution in [2.24, 2.45) is 4.99 Å². The summed E-state index contributed by atoms with van der Waals surface area (Å²) < 4.78 is 0. The molecule has 0 unspecified atom stereocenters. The zero-order valence-corrected chi connectivity index (χ0v) is 6.80. The lowest BCUT2D eigenvalue weighted by Gasteiger charge is -1.94. The molecule has 0 heterocycles. The molecule has 0 radical (unpaired) electrons. The zero-order chi connectivity index (χ0) is 7.82. The van der Waals surface area contributed by atoms with Gasteiger partial charge in [0.05, 0.1) is 0 Å². The minimum absolute atomic E-state index is 1.09. The Hall–Kier alpha value is -0.850. The van der Waals surface area contributed by atoms with Gasteiger partial charge in [0, 0.05) is 13.3 Å². The molecule has 0 spiro atoms. The average molecular weight is 137 g/mol. The van der Waals surface area contributed by atoms with Crippen LogP contribution in [0.2, 0.25) is 0 Å². The summed E-state index contributed by atoms with van der Waals surface area (Å²) in [6.07, 6.45) is 7.92. The van der Waals surface area contributed by atoms with Gasteiger partial charge in [-0.1, -0.05) is 32.1 Å². The van der Waals surface area contributed by atoms with Crippen LogP contribution in [0.1, 0.15) is 19.8 Å². The van der Waals surface area contributed by atoms with Crippen LogP contribution >= 0.6 is 0 Å². The Morgan fingerprint density at radius 2 is 2.30 bits per heavy atom. The standard InChI is InChI=1S/C9H15N/c1-4-6-9(7-5-2)8-10-3/h4,6,8H,1,5,7H2,2-3H3/b9-6-,10-8?. The third kappa shape index (κ3) is 4.07. The van der Waals surface area contributed by atoms with Crippen molar-refractivity contribution < 1.29 is 0 Å². The first-order valence-corrected chi connectivity index (χ1v) is 3.59. The maximum atomic E-state index is 3.93. The van der Waals surface area contributed by atoms with Gasteiger partial charge in [0.2, 0.25) is 0 Å². The van der Waals surface area contributed by atoms with Crippen LogP contribution in [0, 0.1) is 0 Å². The molecule has 0 fully saturated rings. The molecule has 0 atom stereocenters. The van der Waals surface area contributed by atoms with Gasteiger partial charge in [-0.3, -0.25) is 4.99 Å². The lowest BCUT2D eigenvalue weighted by molar-refractivity contribution is 0.939. The molecule has 0 aromatic carbocycles. The molecular weight excluding hydrogens is 122 g/mol. The third-order valence-corrected chi connectivity index (χ3v) is 1.17. The summed E-state index contributed by atoms with van der Waals surface area (Å²) in [5.74, 6) is 0. The van der Waals surface area contributed by atoms with E-state index < -0.39 is 0 Å². The number of allylic oxidation sites excluding steroid dienone is 3. The van der Waals surface area contributed by atoms with Crippen LogP contribution in [-0.4, -0.2) is 13.3 Å². The second kappa shape index (κ2) is 6.27. The van der Waals surface area contributed by atoms with Gasteiger partial charge in [0.25, 0.3) is 0 Å². The molecule has 56 valence electrons. The fraction of sp³-hybridized carbons (Fsp3) is 0.444. The molecule has 0 aromatic rings. The first-order chi connectivity index (χ1) is 4.85. The largest absolute Gasteiger partial charge is 0.296 e. The Kier molecular flexibility index (Phi) is 5.74. The summed E-state index contributed by atoms with van der Waals surface area (Å²) in [6.45, 7) is 5.78. The van der Waals surface area contributed by atoms with Crippen molar-refractivity contribution >= 4 is 6.21 Å². The summed E-state index contributed by atoms with van der Waals surface area (Å²) in [6, 6.07) is 0. The van der Waals surface area contributed by atoms with Gasteiger partial charge in [-0.2, -0.15) is 0 Å². The minimum Gasteiger partial charge on any atom is -0.296 e. The molecular formula is C9H15N. The molecule has 0 aliphatic carbocycles. The molecule has 0 bridgehead atoms. The molecule has 0 saturated carbocycles. The first kappa shape index (κ1) is 9.15. The molecule has 1 nitrogen and oxygen atoms in total. The van der Waals surface area contributed by atoms with E-state index in [0.717, 1.165) is 12.8 Å². The molecule has 0 aliphatic rings. The highest BCUT2D eigenvalue weighted by Crippen LogP contribution is 2.01. The molecule has 0 N–H and O–H groups in total. The lowest BCUT2D eigenvalue weighted by Crippen LogP contribution is -1.82. The maximum Gasteiger partial charge on any atom is 0.0277 e. The van der Waals surface area contributed by atoms with Gasteiger partial charge in [0.1, 0.15) is 0 Å². The van der Waals surface area contributed by atoms with Gasteiger partial charge in [-0.15, -0.1) is 0 Å². The van der Waals surface area contributed by atoms with E-state index in [1.165, 1.54) is 5.57 Å².